The molecule has 1 aromatic rings. The van der Waals surface area contributed by atoms with Crippen LogP contribution in [0.4, 0.5) is 0 Å². The smallest absolute Gasteiger partial charge is 0.125 e. The van der Waals surface area contributed by atoms with E-state index in [0.29, 0.717) is 5.92 Å². The fourth-order valence-corrected chi connectivity index (χ4v) is 3.87. The van der Waals surface area contributed by atoms with E-state index in [2.05, 4.69) is 39.9 Å². The van der Waals surface area contributed by atoms with Crippen LogP contribution in [0.25, 0.3) is 0 Å². The van der Waals surface area contributed by atoms with Gasteiger partial charge in [0, 0.05) is 24.1 Å². The average molecular weight is 296 g/mol. The van der Waals surface area contributed by atoms with Crippen molar-refractivity contribution < 1.29 is 4.74 Å². The van der Waals surface area contributed by atoms with Crippen molar-refractivity contribution in [2.45, 2.75) is 77.5 Å². The van der Waals surface area contributed by atoms with Gasteiger partial charge in [0.2, 0.25) is 0 Å². The third-order valence-corrected chi connectivity index (χ3v) is 5.25. The molecule has 114 valence electrons. The molecule has 0 amide bonds. The summed E-state index contributed by atoms with van der Waals surface area (Å²) in [6.45, 7) is 11.9. The van der Waals surface area contributed by atoms with E-state index in [1.54, 1.807) is 0 Å². The Morgan fingerprint density at radius 3 is 2.40 bits per heavy atom. The van der Waals surface area contributed by atoms with E-state index >= 15 is 0 Å². The van der Waals surface area contributed by atoms with Crippen molar-refractivity contribution in [3.8, 4) is 0 Å². The molecule has 20 heavy (non-hydrogen) atoms. The molecule has 1 aliphatic carbocycles. The first-order chi connectivity index (χ1) is 9.27. The first-order valence-electron chi connectivity index (χ1n) is 7.58. The van der Waals surface area contributed by atoms with Gasteiger partial charge in [0.1, 0.15) is 10.6 Å². The lowest BCUT2D eigenvalue weighted by molar-refractivity contribution is -0.0780. The second-order valence-corrected chi connectivity index (χ2v) is 8.22. The molecule has 4 heteroatoms. The van der Waals surface area contributed by atoms with Crippen LogP contribution in [0.15, 0.2) is 0 Å². The van der Waals surface area contributed by atoms with Gasteiger partial charge in [-0.25, -0.2) is 4.98 Å². The zero-order chi connectivity index (χ0) is 15.0. The third kappa shape index (κ3) is 3.23. The fraction of sp³-hybridized carbons (Fsp3) is 0.812. The van der Waals surface area contributed by atoms with Gasteiger partial charge in [-0.15, -0.1) is 11.3 Å². The SMILES string of the molecule is COC1(c2nc(C(C)C)c(CNC(C)(C)C)s2)CCC1. The zero-order valence-electron chi connectivity index (χ0n) is 13.7. The third-order valence-electron chi connectivity index (χ3n) is 4.00. The summed E-state index contributed by atoms with van der Waals surface area (Å²) in [4.78, 5) is 6.30. The number of hydrogen-bond acceptors (Lipinski definition) is 4. The summed E-state index contributed by atoms with van der Waals surface area (Å²) in [6, 6.07) is 0. The minimum Gasteiger partial charge on any atom is -0.371 e. The number of rotatable bonds is 5. The summed E-state index contributed by atoms with van der Waals surface area (Å²) in [5, 5.41) is 4.76. The van der Waals surface area contributed by atoms with Crippen molar-refractivity contribution in [1.82, 2.24) is 10.3 Å². The van der Waals surface area contributed by atoms with Crippen molar-refractivity contribution in [1.29, 1.82) is 0 Å². The summed E-state index contributed by atoms with van der Waals surface area (Å²) in [5.74, 6) is 0.464. The molecule has 0 saturated heterocycles. The van der Waals surface area contributed by atoms with E-state index in [1.807, 2.05) is 18.4 Å². The monoisotopic (exact) mass is 296 g/mol. The molecule has 0 aromatic carbocycles. The number of ether oxygens (including phenoxy) is 1. The van der Waals surface area contributed by atoms with Gasteiger partial charge in [0.15, 0.2) is 0 Å². The molecule has 0 aliphatic heterocycles. The molecule has 1 aliphatic rings. The fourth-order valence-electron chi connectivity index (χ4n) is 2.48. The zero-order valence-corrected chi connectivity index (χ0v) is 14.5. The van der Waals surface area contributed by atoms with Crippen LogP contribution in [-0.2, 0) is 16.9 Å². The van der Waals surface area contributed by atoms with Gasteiger partial charge in [-0.1, -0.05) is 13.8 Å². The van der Waals surface area contributed by atoms with Crippen LogP contribution < -0.4 is 5.32 Å². The maximum absolute atomic E-state index is 5.78. The number of aromatic nitrogens is 1. The Hall–Kier alpha value is -0.450. The van der Waals surface area contributed by atoms with Crippen molar-refractivity contribution >= 4 is 11.3 Å². The minimum atomic E-state index is -0.0890. The summed E-state index contributed by atoms with van der Waals surface area (Å²) in [5.41, 5.74) is 1.28. The number of nitrogens with one attached hydrogen (secondary N) is 1. The van der Waals surface area contributed by atoms with Crippen molar-refractivity contribution in [3.63, 3.8) is 0 Å². The number of thiazole rings is 1. The quantitative estimate of drug-likeness (QED) is 0.885. The molecule has 0 bridgehead atoms. The maximum atomic E-state index is 5.78. The molecule has 1 saturated carbocycles. The Bertz CT molecular complexity index is 450. The highest BCUT2D eigenvalue weighted by molar-refractivity contribution is 7.11. The van der Waals surface area contributed by atoms with E-state index in [1.165, 1.54) is 22.0 Å². The molecule has 2 rings (SSSR count). The van der Waals surface area contributed by atoms with Gasteiger partial charge in [-0.2, -0.15) is 0 Å². The number of nitrogens with zero attached hydrogens (tertiary/aromatic N) is 1. The van der Waals surface area contributed by atoms with Gasteiger partial charge >= 0.3 is 0 Å². The lowest BCUT2D eigenvalue weighted by Gasteiger charge is -2.38. The normalized spacial score (nSPS) is 18.4. The van der Waals surface area contributed by atoms with E-state index < -0.39 is 0 Å². The van der Waals surface area contributed by atoms with Crippen LogP contribution in [-0.4, -0.2) is 17.6 Å². The Labute approximate surface area is 127 Å². The van der Waals surface area contributed by atoms with E-state index in [-0.39, 0.29) is 11.1 Å². The Balaban J connectivity index is 2.24. The van der Waals surface area contributed by atoms with Gasteiger partial charge in [0.05, 0.1) is 5.69 Å². The van der Waals surface area contributed by atoms with E-state index in [0.717, 1.165) is 19.4 Å². The summed E-state index contributed by atoms with van der Waals surface area (Å²) < 4.78 is 5.78. The van der Waals surface area contributed by atoms with E-state index in [9.17, 15) is 0 Å². The molecular weight excluding hydrogens is 268 g/mol. The highest BCUT2D eigenvalue weighted by atomic mass is 32.1. The Morgan fingerprint density at radius 1 is 1.35 bits per heavy atom. The van der Waals surface area contributed by atoms with Gasteiger partial charge in [-0.3, -0.25) is 0 Å². The highest BCUT2D eigenvalue weighted by Crippen LogP contribution is 2.46. The molecule has 0 radical (unpaired) electrons. The molecular formula is C16H28N2OS. The van der Waals surface area contributed by atoms with Gasteiger partial charge < -0.3 is 10.1 Å². The molecule has 1 N–H and O–H groups in total. The molecule has 0 spiro atoms. The van der Waals surface area contributed by atoms with Crippen LogP contribution in [0, 0.1) is 0 Å². The van der Waals surface area contributed by atoms with Gasteiger partial charge in [0.25, 0.3) is 0 Å². The number of methoxy groups -OCH3 is 1. The van der Waals surface area contributed by atoms with Crippen LogP contribution >= 0.6 is 11.3 Å². The van der Waals surface area contributed by atoms with Crippen LogP contribution in [0.1, 0.15) is 75.4 Å². The van der Waals surface area contributed by atoms with Gasteiger partial charge in [-0.05, 0) is 46.0 Å². The minimum absolute atomic E-state index is 0.0890. The molecule has 1 fully saturated rings. The summed E-state index contributed by atoms with van der Waals surface area (Å²) >= 11 is 1.84. The van der Waals surface area contributed by atoms with Crippen molar-refractivity contribution in [2.24, 2.45) is 0 Å². The molecule has 1 heterocycles. The average Bonchev–Trinajstić information content (AvgIpc) is 2.69. The lowest BCUT2D eigenvalue weighted by Crippen LogP contribution is -2.36. The molecule has 0 unspecified atom stereocenters. The van der Waals surface area contributed by atoms with Crippen molar-refractivity contribution in [2.75, 3.05) is 7.11 Å². The standard InChI is InChI=1S/C16H28N2OS/c1-11(2)13-12(10-17-15(3,4)5)20-14(18-13)16(19-6)8-7-9-16/h11,17H,7-10H2,1-6H3. The van der Waals surface area contributed by atoms with Crippen LogP contribution in [0.3, 0.4) is 0 Å². The van der Waals surface area contributed by atoms with Crippen molar-refractivity contribution in [3.05, 3.63) is 15.6 Å². The van der Waals surface area contributed by atoms with Crippen LogP contribution in [0.2, 0.25) is 0 Å². The second-order valence-electron chi connectivity index (χ2n) is 7.14. The van der Waals surface area contributed by atoms with E-state index in [4.69, 9.17) is 9.72 Å². The second kappa shape index (κ2) is 5.74. The summed E-state index contributed by atoms with van der Waals surface area (Å²) in [6.07, 6.45) is 3.47. The molecule has 3 nitrogen and oxygen atoms in total. The Kier molecular flexibility index (Phi) is 4.57. The first kappa shape index (κ1) is 15.9. The topological polar surface area (TPSA) is 34.1 Å². The van der Waals surface area contributed by atoms with Crippen LogP contribution in [0.5, 0.6) is 0 Å². The highest BCUT2D eigenvalue weighted by Gasteiger charge is 2.42. The predicted molar refractivity (Wildman–Crippen MR) is 85.3 cm³/mol. The summed E-state index contributed by atoms with van der Waals surface area (Å²) in [7, 11) is 1.82. The molecule has 1 aromatic heterocycles. The predicted octanol–water partition coefficient (Wildman–Crippen LogP) is 4.18. The largest absolute Gasteiger partial charge is 0.371 e. The lowest BCUT2D eigenvalue weighted by atomic mass is 9.80. The first-order valence-corrected chi connectivity index (χ1v) is 8.39. The maximum Gasteiger partial charge on any atom is 0.125 e. The number of hydrogen-bond donors (Lipinski definition) is 1. The molecule has 0 atom stereocenters. The Morgan fingerprint density at radius 2 is 2.00 bits per heavy atom.